The predicted octanol–water partition coefficient (Wildman–Crippen LogP) is 3.08. The maximum atomic E-state index is 12.1. The van der Waals surface area contributed by atoms with Crippen LogP contribution in [-0.2, 0) is 9.53 Å². The zero-order valence-corrected chi connectivity index (χ0v) is 14.5. The second-order valence-corrected chi connectivity index (χ2v) is 6.43. The molecule has 0 radical (unpaired) electrons. The van der Waals surface area contributed by atoms with E-state index < -0.39 is 6.04 Å². The maximum absolute atomic E-state index is 12.1. The summed E-state index contributed by atoms with van der Waals surface area (Å²) in [6.45, 7) is 0.662. The van der Waals surface area contributed by atoms with Gasteiger partial charge in [-0.05, 0) is 37.1 Å². The van der Waals surface area contributed by atoms with Gasteiger partial charge < -0.3 is 20.5 Å². The number of amides is 1. The highest BCUT2D eigenvalue weighted by molar-refractivity contribution is 9.10. The van der Waals surface area contributed by atoms with E-state index >= 15 is 0 Å². The van der Waals surface area contributed by atoms with Crippen molar-refractivity contribution in [3.8, 4) is 11.6 Å². The molecule has 7 heteroatoms. The Bertz CT molecular complexity index is 702. The van der Waals surface area contributed by atoms with Crippen LogP contribution in [0.1, 0.15) is 12.8 Å². The quantitative estimate of drug-likeness (QED) is 0.817. The minimum atomic E-state index is -0.676. The minimum absolute atomic E-state index is 0.211. The molecule has 126 valence electrons. The van der Waals surface area contributed by atoms with E-state index in [9.17, 15) is 4.79 Å². The number of nitrogens with zero attached hydrogens (tertiary/aromatic N) is 1. The molecule has 2 atom stereocenters. The first-order valence-corrected chi connectivity index (χ1v) is 8.48. The van der Waals surface area contributed by atoms with Gasteiger partial charge in [0.25, 0.3) is 0 Å². The number of nitrogens with one attached hydrogen (secondary N) is 1. The number of ether oxygens (including phenoxy) is 2. The Morgan fingerprint density at radius 1 is 1.42 bits per heavy atom. The smallest absolute Gasteiger partial charge is 0.244 e. The topological polar surface area (TPSA) is 86.5 Å². The molecule has 3 rings (SSSR count). The average Bonchev–Trinajstić information content (AvgIpc) is 3.10. The van der Waals surface area contributed by atoms with Gasteiger partial charge >= 0.3 is 0 Å². The molecule has 0 saturated carbocycles. The van der Waals surface area contributed by atoms with E-state index in [-0.39, 0.29) is 12.0 Å². The lowest BCUT2D eigenvalue weighted by molar-refractivity contribution is -0.119. The summed E-state index contributed by atoms with van der Waals surface area (Å²) in [4.78, 5) is 16.3. The fraction of sp³-hybridized carbons (Fsp3) is 0.294. The first kappa shape index (κ1) is 16.9. The van der Waals surface area contributed by atoms with Crippen molar-refractivity contribution in [1.29, 1.82) is 0 Å². The Kier molecular flexibility index (Phi) is 5.44. The van der Waals surface area contributed by atoms with Crippen molar-refractivity contribution in [3.05, 3.63) is 47.1 Å². The highest BCUT2D eigenvalue weighted by Gasteiger charge is 2.28. The zero-order valence-electron chi connectivity index (χ0n) is 12.9. The number of benzene rings is 1. The minimum Gasteiger partial charge on any atom is -0.439 e. The van der Waals surface area contributed by atoms with E-state index in [0.717, 1.165) is 17.3 Å². The van der Waals surface area contributed by atoms with E-state index in [1.807, 2.05) is 24.3 Å². The van der Waals surface area contributed by atoms with Crippen molar-refractivity contribution in [1.82, 2.24) is 4.98 Å². The number of carbonyl (C=O) groups is 1. The number of halogens is 1. The van der Waals surface area contributed by atoms with Crippen LogP contribution >= 0.6 is 15.9 Å². The van der Waals surface area contributed by atoms with E-state index in [2.05, 4.69) is 26.2 Å². The number of aromatic nitrogens is 1. The van der Waals surface area contributed by atoms with E-state index in [1.54, 1.807) is 12.1 Å². The Hall–Kier alpha value is -1.96. The second-order valence-electron chi connectivity index (χ2n) is 5.51. The molecule has 1 aromatic carbocycles. The normalized spacial score (nSPS) is 18.2. The van der Waals surface area contributed by atoms with Gasteiger partial charge in [-0.1, -0.05) is 22.0 Å². The molecular weight excluding hydrogens is 374 g/mol. The van der Waals surface area contributed by atoms with Crippen molar-refractivity contribution in [2.75, 3.05) is 11.9 Å². The van der Waals surface area contributed by atoms with Crippen LogP contribution in [0.5, 0.6) is 11.6 Å². The molecule has 0 aliphatic carbocycles. The summed E-state index contributed by atoms with van der Waals surface area (Å²) in [6.07, 6.45) is 3.08. The first-order valence-electron chi connectivity index (χ1n) is 7.69. The van der Waals surface area contributed by atoms with Gasteiger partial charge in [0.1, 0.15) is 11.8 Å². The summed E-state index contributed by atoms with van der Waals surface area (Å²) in [7, 11) is 0. The molecule has 0 spiro atoms. The second kappa shape index (κ2) is 7.74. The molecule has 24 heavy (non-hydrogen) atoms. The van der Waals surface area contributed by atoms with Crippen molar-refractivity contribution in [2.45, 2.75) is 25.0 Å². The van der Waals surface area contributed by atoms with E-state index in [1.165, 1.54) is 6.20 Å². The number of nitrogens with two attached hydrogens (primary N) is 1. The molecule has 1 amide bonds. The number of hydrogen-bond donors (Lipinski definition) is 2. The Labute approximate surface area is 148 Å². The van der Waals surface area contributed by atoms with Crippen LogP contribution < -0.4 is 15.8 Å². The predicted molar refractivity (Wildman–Crippen MR) is 94.0 cm³/mol. The molecule has 2 heterocycles. The van der Waals surface area contributed by atoms with Crippen molar-refractivity contribution in [2.24, 2.45) is 5.73 Å². The fourth-order valence-electron chi connectivity index (χ4n) is 2.45. The summed E-state index contributed by atoms with van der Waals surface area (Å²) >= 11 is 3.39. The summed E-state index contributed by atoms with van der Waals surface area (Å²) in [5.74, 6) is 0.841. The van der Waals surface area contributed by atoms with Gasteiger partial charge in [-0.3, -0.25) is 4.79 Å². The third-order valence-electron chi connectivity index (χ3n) is 3.69. The number of pyridine rings is 1. The number of carbonyl (C=O) groups excluding carboxylic acids is 1. The molecule has 3 N–H and O–H groups in total. The maximum Gasteiger partial charge on any atom is 0.244 e. The summed E-state index contributed by atoms with van der Waals surface area (Å²) in [5, 5.41) is 2.75. The van der Waals surface area contributed by atoms with Crippen molar-refractivity contribution < 1.29 is 14.3 Å². The lowest BCUT2D eigenvalue weighted by Gasteiger charge is -2.17. The molecule has 6 nitrogen and oxygen atoms in total. The molecule has 1 fully saturated rings. The third kappa shape index (κ3) is 4.31. The van der Waals surface area contributed by atoms with Gasteiger partial charge in [0.2, 0.25) is 11.8 Å². The largest absolute Gasteiger partial charge is 0.439 e. The van der Waals surface area contributed by atoms with Crippen LogP contribution in [-0.4, -0.2) is 29.6 Å². The number of anilines is 1. The number of rotatable bonds is 5. The lowest BCUT2D eigenvalue weighted by atomic mass is 10.1. The molecule has 1 aliphatic heterocycles. The molecule has 2 unspecified atom stereocenters. The molecular formula is C17H18BrN3O3. The van der Waals surface area contributed by atoms with Gasteiger partial charge in [0.05, 0.1) is 18.0 Å². The van der Waals surface area contributed by atoms with E-state index in [4.69, 9.17) is 15.2 Å². The van der Waals surface area contributed by atoms with Crippen molar-refractivity contribution in [3.63, 3.8) is 0 Å². The lowest BCUT2D eigenvalue weighted by Crippen LogP contribution is -2.44. The van der Waals surface area contributed by atoms with Gasteiger partial charge in [-0.2, -0.15) is 0 Å². The summed E-state index contributed by atoms with van der Waals surface area (Å²) in [5.41, 5.74) is 6.49. The van der Waals surface area contributed by atoms with Crippen LogP contribution in [0.15, 0.2) is 47.1 Å². The van der Waals surface area contributed by atoms with Gasteiger partial charge in [-0.15, -0.1) is 0 Å². The Morgan fingerprint density at radius 2 is 2.29 bits per heavy atom. The molecule has 1 aromatic heterocycles. The first-order chi connectivity index (χ1) is 11.6. The average molecular weight is 392 g/mol. The third-order valence-corrected chi connectivity index (χ3v) is 4.18. The SMILES string of the molecule is NC(C(=O)Nc1ccc(Oc2cccc(Br)c2)nc1)C1CCCO1. The highest BCUT2D eigenvalue weighted by Crippen LogP contribution is 2.23. The molecule has 0 bridgehead atoms. The Balaban J connectivity index is 1.58. The van der Waals surface area contributed by atoms with Crippen molar-refractivity contribution >= 4 is 27.5 Å². The van der Waals surface area contributed by atoms with Crippen LogP contribution in [0.25, 0.3) is 0 Å². The standard InChI is InChI=1S/C17H18BrN3O3/c18-11-3-1-4-13(9-11)24-15-7-6-12(10-20-15)21-17(22)16(19)14-5-2-8-23-14/h1,3-4,6-7,9-10,14,16H,2,5,8,19H2,(H,21,22). The van der Waals surface area contributed by atoms with Gasteiger partial charge in [0.15, 0.2) is 0 Å². The Morgan fingerprint density at radius 3 is 2.96 bits per heavy atom. The fourth-order valence-corrected chi connectivity index (χ4v) is 2.82. The summed E-state index contributed by atoms with van der Waals surface area (Å²) < 4.78 is 12.0. The highest BCUT2D eigenvalue weighted by atomic mass is 79.9. The van der Waals surface area contributed by atoms with Crippen LogP contribution in [0.4, 0.5) is 5.69 Å². The zero-order chi connectivity index (χ0) is 16.9. The van der Waals surface area contributed by atoms with E-state index in [0.29, 0.717) is 23.9 Å². The molecule has 1 aliphatic rings. The van der Waals surface area contributed by atoms with Crippen LogP contribution in [0.2, 0.25) is 0 Å². The monoisotopic (exact) mass is 391 g/mol. The molecule has 1 saturated heterocycles. The number of hydrogen-bond acceptors (Lipinski definition) is 5. The van der Waals surface area contributed by atoms with Crippen LogP contribution in [0.3, 0.4) is 0 Å². The van der Waals surface area contributed by atoms with Gasteiger partial charge in [-0.25, -0.2) is 4.98 Å². The van der Waals surface area contributed by atoms with Gasteiger partial charge in [0, 0.05) is 17.1 Å². The molecule has 2 aromatic rings. The summed E-state index contributed by atoms with van der Waals surface area (Å²) in [6, 6.07) is 10.2. The van der Waals surface area contributed by atoms with Crippen LogP contribution in [0, 0.1) is 0 Å².